The molecule has 0 saturated heterocycles. The SMILES string of the molecule is CC1(C)CCCC1NC(=O)N[C@@H](C(=O)O)c1ccccc1. The van der Waals surface area contributed by atoms with Crippen LogP contribution in [0.15, 0.2) is 30.3 Å². The normalized spacial score (nSPS) is 21.5. The van der Waals surface area contributed by atoms with Crippen molar-refractivity contribution in [2.24, 2.45) is 5.41 Å². The number of carbonyl (C=O) groups excluding carboxylic acids is 1. The summed E-state index contributed by atoms with van der Waals surface area (Å²) in [5, 5.41) is 14.8. The second-order valence-electron chi connectivity index (χ2n) is 6.23. The Morgan fingerprint density at radius 1 is 1.29 bits per heavy atom. The number of carbonyl (C=O) groups is 2. The first kappa shape index (κ1) is 15.4. The molecule has 114 valence electrons. The van der Waals surface area contributed by atoms with Crippen LogP contribution in [0.25, 0.3) is 0 Å². The van der Waals surface area contributed by atoms with Gasteiger partial charge in [-0.2, -0.15) is 0 Å². The Morgan fingerprint density at radius 2 is 1.95 bits per heavy atom. The lowest BCUT2D eigenvalue weighted by atomic mass is 9.87. The minimum atomic E-state index is -1.07. The summed E-state index contributed by atoms with van der Waals surface area (Å²) < 4.78 is 0. The molecule has 1 aromatic carbocycles. The van der Waals surface area contributed by atoms with E-state index < -0.39 is 18.0 Å². The summed E-state index contributed by atoms with van der Waals surface area (Å²) in [6.45, 7) is 4.24. The highest BCUT2D eigenvalue weighted by molar-refractivity contribution is 5.83. The first-order chi connectivity index (χ1) is 9.90. The van der Waals surface area contributed by atoms with E-state index in [1.807, 2.05) is 6.07 Å². The number of urea groups is 1. The van der Waals surface area contributed by atoms with Crippen LogP contribution in [0.1, 0.15) is 44.7 Å². The number of nitrogens with one attached hydrogen (secondary N) is 2. The molecule has 2 amide bonds. The van der Waals surface area contributed by atoms with Gasteiger partial charge in [-0.1, -0.05) is 50.6 Å². The van der Waals surface area contributed by atoms with Crippen LogP contribution in [0.2, 0.25) is 0 Å². The highest BCUT2D eigenvalue weighted by Crippen LogP contribution is 2.37. The molecule has 5 heteroatoms. The van der Waals surface area contributed by atoms with Crippen LogP contribution < -0.4 is 10.6 Å². The highest BCUT2D eigenvalue weighted by atomic mass is 16.4. The second-order valence-corrected chi connectivity index (χ2v) is 6.23. The lowest BCUT2D eigenvalue weighted by Gasteiger charge is -2.28. The van der Waals surface area contributed by atoms with E-state index in [2.05, 4.69) is 24.5 Å². The topological polar surface area (TPSA) is 78.4 Å². The van der Waals surface area contributed by atoms with Gasteiger partial charge in [-0.25, -0.2) is 9.59 Å². The Bertz CT molecular complexity index is 514. The molecule has 1 aromatic rings. The second kappa shape index (κ2) is 6.16. The monoisotopic (exact) mass is 290 g/mol. The smallest absolute Gasteiger partial charge is 0.330 e. The van der Waals surface area contributed by atoms with Crippen molar-refractivity contribution in [3.05, 3.63) is 35.9 Å². The van der Waals surface area contributed by atoms with Crippen LogP contribution in [0, 0.1) is 5.41 Å². The van der Waals surface area contributed by atoms with E-state index in [9.17, 15) is 14.7 Å². The van der Waals surface area contributed by atoms with Crippen LogP contribution >= 0.6 is 0 Å². The quantitative estimate of drug-likeness (QED) is 0.797. The summed E-state index contributed by atoms with van der Waals surface area (Å²) >= 11 is 0. The number of hydrogen-bond acceptors (Lipinski definition) is 2. The molecule has 2 atom stereocenters. The highest BCUT2D eigenvalue weighted by Gasteiger charge is 2.36. The predicted molar refractivity (Wildman–Crippen MR) is 79.9 cm³/mol. The zero-order valence-corrected chi connectivity index (χ0v) is 12.4. The van der Waals surface area contributed by atoms with Gasteiger partial charge in [0.05, 0.1) is 0 Å². The molecule has 21 heavy (non-hydrogen) atoms. The number of carboxylic acid groups (broad SMARTS) is 1. The molecular formula is C16H22N2O3. The van der Waals surface area contributed by atoms with E-state index in [1.165, 1.54) is 0 Å². The molecule has 3 N–H and O–H groups in total. The standard InChI is InChI=1S/C16H22N2O3/c1-16(2)10-6-9-12(16)17-15(21)18-13(14(19)20)11-7-4-3-5-8-11/h3-5,7-8,12-13H,6,9-10H2,1-2H3,(H,19,20)(H2,17,18,21)/t12?,13-/m1/s1. The fraction of sp³-hybridized carbons (Fsp3) is 0.500. The van der Waals surface area contributed by atoms with Crippen molar-refractivity contribution in [3.8, 4) is 0 Å². The number of rotatable bonds is 4. The third-order valence-corrected chi connectivity index (χ3v) is 4.22. The van der Waals surface area contributed by atoms with Crippen molar-refractivity contribution in [3.63, 3.8) is 0 Å². The van der Waals surface area contributed by atoms with E-state index in [4.69, 9.17) is 0 Å². The van der Waals surface area contributed by atoms with Gasteiger partial charge in [-0.05, 0) is 23.8 Å². The molecule has 1 aliphatic rings. The van der Waals surface area contributed by atoms with Crippen molar-refractivity contribution in [2.75, 3.05) is 0 Å². The van der Waals surface area contributed by atoms with E-state index in [0.29, 0.717) is 5.56 Å². The maximum Gasteiger partial charge on any atom is 0.330 e. The molecule has 1 fully saturated rings. The summed E-state index contributed by atoms with van der Waals surface area (Å²) in [7, 11) is 0. The number of amides is 2. The summed E-state index contributed by atoms with van der Waals surface area (Å²) in [5.41, 5.74) is 0.619. The Balaban J connectivity index is 2.01. The van der Waals surface area contributed by atoms with Gasteiger partial charge in [-0.3, -0.25) is 0 Å². The molecule has 1 unspecified atom stereocenters. The van der Waals surface area contributed by atoms with Crippen molar-refractivity contribution < 1.29 is 14.7 Å². The molecular weight excluding hydrogens is 268 g/mol. The van der Waals surface area contributed by atoms with Crippen LogP contribution in [0.3, 0.4) is 0 Å². The van der Waals surface area contributed by atoms with Crippen LogP contribution in [0.4, 0.5) is 4.79 Å². The van der Waals surface area contributed by atoms with Crippen molar-refractivity contribution >= 4 is 12.0 Å². The molecule has 5 nitrogen and oxygen atoms in total. The molecule has 0 bridgehead atoms. The Morgan fingerprint density at radius 3 is 2.48 bits per heavy atom. The zero-order valence-electron chi connectivity index (χ0n) is 12.4. The van der Waals surface area contributed by atoms with Gasteiger partial charge in [0.1, 0.15) is 0 Å². The predicted octanol–water partition coefficient (Wildman–Crippen LogP) is 2.69. The van der Waals surface area contributed by atoms with Gasteiger partial charge in [0.2, 0.25) is 0 Å². The van der Waals surface area contributed by atoms with Gasteiger partial charge in [-0.15, -0.1) is 0 Å². The fourth-order valence-corrected chi connectivity index (χ4v) is 2.86. The van der Waals surface area contributed by atoms with Crippen molar-refractivity contribution in [1.29, 1.82) is 0 Å². The average Bonchev–Trinajstić information content (AvgIpc) is 2.76. The molecule has 0 heterocycles. The Hall–Kier alpha value is -2.04. The summed E-state index contributed by atoms with van der Waals surface area (Å²) in [6, 6.07) is 7.33. The van der Waals surface area contributed by atoms with Crippen molar-refractivity contribution in [1.82, 2.24) is 10.6 Å². The van der Waals surface area contributed by atoms with Crippen LogP contribution in [0.5, 0.6) is 0 Å². The Labute approximate surface area is 124 Å². The van der Waals surface area contributed by atoms with Gasteiger partial charge < -0.3 is 15.7 Å². The summed E-state index contributed by atoms with van der Waals surface area (Å²) in [6.07, 6.45) is 3.08. The molecule has 0 aliphatic heterocycles. The first-order valence-electron chi connectivity index (χ1n) is 7.25. The van der Waals surface area contributed by atoms with Crippen LogP contribution in [-0.2, 0) is 4.79 Å². The maximum atomic E-state index is 12.1. The number of benzene rings is 1. The molecule has 1 saturated carbocycles. The third-order valence-electron chi connectivity index (χ3n) is 4.22. The van der Waals surface area contributed by atoms with Gasteiger partial charge >= 0.3 is 12.0 Å². The molecule has 1 aliphatic carbocycles. The van der Waals surface area contributed by atoms with E-state index in [1.54, 1.807) is 24.3 Å². The number of aliphatic carboxylic acids is 1. The van der Waals surface area contributed by atoms with Crippen LogP contribution in [-0.4, -0.2) is 23.1 Å². The van der Waals surface area contributed by atoms with Gasteiger partial charge in [0.15, 0.2) is 6.04 Å². The number of carboxylic acids is 1. The molecule has 2 rings (SSSR count). The third kappa shape index (κ3) is 3.74. The summed E-state index contributed by atoms with van der Waals surface area (Å²) in [5.74, 6) is -1.07. The lowest BCUT2D eigenvalue weighted by Crippen LogP contribution is -2.48. The molecule has 0 radical (unpaired) electrons. The number of hydrogen-bond donors (Lipinski definition) is 3. The maximum absolute atomic E-state index is 12.1. The van der Waals surface area contributed by atoms with E-state index in [0.717, 1.165) is 19.3 Å². The van der Waals surface area contributed by atoms with E-state index in [-0.39, 0.29) is 11.5 Å². The minimum Gasteiger partial charge on any atom is -0.479 e. The van der Waals surface area contributed by atoms with Gasteiger partial charge in [0, 0.05) is 6.04 Å². The Kier molecular flexibility index (Phi) is 4.50. The molecule has 0 spiro atoms. The average molecular weight is 290 g/mol. The lowest BCUT2D eigenvalue weighted by molar-refractivity contribution is -0.139. The zero-order chi connectivity index (χ0) is 15.5. The van der Waals surface area contributed by atoms with Crippen molar-refractivity contribution in [2.45, 2.75) is 45.2 Å². The largest absolute Gasteiger partial charge is 0.479 e. The first-order valence-corrected chi connectivity index (χ1v) is 7.25. The van der Waals surface area contributed by atoms with Gasteiger partial charge in [0.25, 0.3) is 0 Å². The summed E-state index contributed by atoms with van der Waals surface area (Å²) in [4.78, 5) is 23.4. The fourth-order valence-electron chi connectivity index (χ4n) is 2.86. The van der Waals surface area contributed by atoms with E-state index >= 15 is 0 Å². The minimum absolute atomic E-state index is 0.0583. The molecule has 0 aromatic heterocycles.